The molecule has 0 saturated heterocycles. The Hall–Kier alpha value is -1.81. The minimum atomic E-state index is -0.0329. The zero-order chi connectivity index (χ0) is 13.0. The van der Waals surface area contributed by atoms with Gasteiger partial charge in [-0.3, -0.25) is 0 Å². The molecule has 96 valence electrons. The van der Waals surface area contributed by atoms with Gasteiger partial charge in [-0.2, -0.15) is 0 Å². The highest BCUT2D eigenvalue weighted by molar-refractivity contribution is 5.44. The molecule has 0 amide bonds. The van der Waals surface area contributed by atoms with Crippen molar-refractivity contribution >= 4 is 0 Å². The third kappa shape index (κ3) is 2.38. The molecule has 4 nitrogen and oxygen atoms in total. The fourth-order valence-electron chi connectivity index (χ4n) is 2.02. The summed E-state index contributed by atoms with van der Waals surface area (Å²) in [5.74, 6) is 1.74. The first-order valence-electron chi connectivity index (χ1n) is 6.10. The molecule has 0 spiro atoms. The van der Waals surface area contributed by atoms with Gasteiger partial charge >= 0.3 is 0 Å². The standard InChI is InChI=1S/C14H18N2O2/c1-3-4-14-15-7-8-16(14)12-5-6-13(18-2)11(9-12)10-17/h5-9,17H,3-4,10H2,1-2H3. The Labute approximate surface area is 107 Å². The van der Waals surface area contributed by atoms with Gasteiger partial charge in [-0.05, 0) is 24.6 Å². The summed E-state index contributed by atoms with van der Waals surface area (Å²) in [6.07, 6.45) is 5.73. The molecule has 0 aliphatic carbocycles. The zero-order valence-electron chi connectivity index (χ0n) is 10.8. The first-order valence-corrected chi connectivity index (χ1v) is 6.10. The number of imidazole rings is 1. The smallest absolute Gasteiger partial charge is 0.124 e. The van der Waals surface area contributed by atoms with E-state index in [-0.39, 0.29) is 6.61 Å². The summed E-state index contributed by atoms with van der Waals surface area (Å²) in [4.78, 5) is 4.35. The van der Waals surface area contributed by atoms with Crippen LogP contribution in [0.25, 0.3) is 5.69 Å². The molecular formula is C14H18N2O2. The number of nitrogens with zero attached hydrogens (tertiary/aromatic N) is 2. The van der Waals surface area contributed by atoms with Crippen LogP contribution in [0.2, 0.25) is 0 Å². The summed E-state index contributed by atoms with van der Waals surface area (Å²) in [5.41, 5.74) is 1.78. The molecule has 1 aromatic carbocycles. The van der Waals surface area contributed by atoms with Crippen LogP contribution in [0.15, 0.2) is 30.6 Å². The van der Waals surface area contributed by atoms with Crippen LogP contribution in [0.3, 0.4) is 0 Å². The summed E-state index contributed by atoms with van der Waals surface area (Å²) >= 11 is 0. The lowest BCUT2D eigenvalue weighted by Crippen LogP contribution is -2.02. The quantitative estimate of drug-likeness (QED) is 0.880. The molecule has 4 heteroatoms. The fourth-order valence-corrected chi connectivity index (χ4v) is 2.02. The summed E-state index contributed by atoms with van der Waals surface area (Å²) in [5, 5.41) is 9.34. The van der Waals surface area contributed by atoms with Gasteiger partial charge in [0.25, 0.3) is 0 Å². The van der Waals surface area contributed by atoms with Gasteiger partial charge in [0.2, 0.25) is 0 Å². The number of hydrogen-bond donors (Lipinski definition) is 1. The van der Waals surface area contributed by atoms with Crippen molar-refractivity contribution in [1.82, 2.24) is 9.55 Å². The van der Waals surface area contributed by atoms with Gasteiger partial charge in [0, 0.05) is 30.1 Å². The minimum Gasteiger partial charge on any atom is -0.496 e. The Morgan fingerprint density at radius 3 is 2.89 bits per heavy atom. The maximum Gasteiger partial charge on any atom is 0.124 e. The molecule has 1 N–H and O–H groups in total. The van der Waals surface area contributed by atoms with Crippen molar-refractivity contribution in [2.45, 2.75) is 26.4 Å². The van der Waals surface area contributed by atoms with Crippen LogP contribution in [0, 0.1) is 0 Å². The maximum absolute atomic E-state index is 9.34. The Kier molecular flexibility index (Phi) is 3.99. The molecule has 18 heavy (non-hydrogen) atoms. The molecule has 0 bridgehead atoms. The first-order chi connectivity index (χ1) is 8.80. The Balaban J connectivity index is 2.41. The average molecular weight is 246 g/mol. The van der Waals surface area contributed by atoms with E-state index >= 15 is 0 Å². The first kappa shape index (κ1) is 12.6. The van der Waals surface area contributed by atoms with Crippen molar-refractivity contribution in [3.63, 3.8) is 0 Å². The van der Waals surface area contributed by atoms with E-state index < -0.39 is 0 Å². The monoisotopic (exact) mass is 246 g/mol. The molecule has 1 heterocycles. The number of rotatable bonds is 5. The van der Waals surface area contributed by atoms with E-state index in [0.717, 1.165) is 29.9 Å². The highest BCUT2D eigenvalue weighted by atomic mass is 16.5. The molecular weight excluding hydrogens is 228 g/mol. The fraction of sp³-hybridized carbons (Fsp3) is 0.357. The molecule has 0 fully saturated rings. The van der Waals surface area contributed by atoms with Crippen molar-refractivity contribution in [3.8, 4) is 11.4 Å². The van der Waals surface area contributed by atoms with Crippen molar-refractivity contribution in [1.29, 1.82) is 0 Å². The normalized spacial score (nSPS) is 10.6. The van der Waals surface area contributed by atoms with Gasteiger partial charge in [-0.15, -0.1) is 0 Å². The second kappa shape index (κ2) is 5.69. The summed E-state index contributed by atoms with van der Waals surface area (Å²) < 4.78 is 7.25. The Bertz CT molecular complexity index is 520. The third-order valence-electron chi connectivity index (χ3n) is 2.90. The second-order valence-corrected chi connectivity index (χ2v) is 4.12. The van der Waals surface area contributed by atoms with Crippen LogP contribution in [-0.4, -0.2) is 21.8 Å². The predicted molar refractivity (Wildman–Crippen MR) is 70.0 cm³/mol. The molecule has 0 saturated carbocycles. The van der Waals surface area contributed by atoms with E-state index in [1.54, 1.807) is 13.3 Å². The number of ether oxygens (including phenoxy) is 1. The van der Waals surface area contributed by atoms with Gasteiger partial charge in [0.1, 0.15) is 11.6 Å². The highest BCUT2D eigenvalue weighted by Crippen LogP contribution is 2.22. The van der Waals surface area contributed by atoms with Gasteiger partial charge < -0.3 is 14.4 Å². The van der Waals surface area contributed by atoms with Crippen LogP contribution in [0.1, 0.15) is 24.7 Å². The molecule has 0 aliphatic rings. The molecule has 1 aromatic heterocycles. The highest BCUT2D eigenvalue weighted by Gasteiger charge is 2.07. The van der Waals surface area contributed by atoms with E-state index in [4.69, 9.17) is 4.74 Å². The number of hydrogen-bond acceptors (Lipinski definition) is 3. The lowest BCUT2D eigenvalue weighted by atomic mass is 10.2. The number of aliphatic hydroxyl groups is 1. The van der Waals surface area contributed by atoms with Crippen LogP contribution in [0.4, 0.5) is 0 Å². The molecule has 0 atom stereocenters. The van der Waals surface area contributed by atoms with Crippen molar-refractivity contribution in [2.24, 2.45) is 0 Å². The Morgan fingerprint density at radius 2 is 2.22 bits per heavy atom. The molecule has 0 aliphatic heterocycles. The lowest BCUT2D eigenvalue weighted by Gasteiger charge is -2.11. The summed E-state index contributed by atoms with van der Waals surface area (Å²) in [7, 11) is 1.61. The van der Waals surface area contributed by atoms with E-state index in [9.17, 15) is 5.11 Å². The van der Waals surface area contributed by atoms with Gasteiger partial charge in [0.05, 0.1) is 13.7 Å². The lowest BCUT2D eigenvalue weighted by molar-refractivity contribution is 0.273. The number of methoxy groups -OCH3 is 1. The van der Waals surface area contributed by atoms with Crippen LogP contribution in [0.5, 0.6) is 5.75 Å². The van der Waals surface area contributed by atoms with Gasteiger partial charge in [-0.25, -0.2) is 4.98 Å². The number of aryl methyl sites for hydroxylation is 1. The summed E-state index contributed by atoms with van der Waals surface area (Å²) in [6, 6.07) is 5.77. The van der Waals surface area contributed by atoms with Crippen molar-refractivity contribution in [2.75, 3.05) is 7.11 Å². The molecule has 2 aromatic rings. The third-order valence-corrected chi connectivity index (χ3v) is 2.90. The van der Waals surface area contributed by atoms with Crippen LogP contribution >= 0.6 is 0 Å². The maximum atomic E-state index is 9.34. The SMILES string of the molecule is CCCc1nccn1-c1ccc(OC)c(CO)c1. The average Bonchev–Trinajstić information content (AvgIpc) is 2.86. The van der Waals surface area contributed by atoms with E-state index in [0.29, 0.717) is 5.75 Å². The van der Waals surface area contributed by atoms with Gasteiger partial charge in [0.15, 0.2) is 0 Å². The molecule has 0 radical (unpaired) electrons. The van der Waals surface area contributed by atoms with Crippen molar-refractivity contribution in [3.05, 3.63) is 42.0 Å². The second-order valence-electron chi connectivity index (χ2n) is 4.12. The molecule has 0 unspecified atom stereocenters. The van der Waals surface area contributed by atoms with Crippen LogP contribution in [-0.2, 0) is 13.0 Å². The number of aromatic nitrogens is 2. The predicted octanol–water partition coefficient (Wildman–Crippen LogP) is 2.33. The van der Waals surface area contributed by atoms with E-state index in [1.807, 2.05) is 29.0 Å². The number of aliphatic hydroxyl groups excluding tert-OH is 1. The topological polar surface area (TPSA) is 47.3 Å². The van der Waals surface area contributed by atoms with E-state index in [1.165, 1.54) is 0 Å². The minimum absolute atomic E-state index is 0.0329. The zero-order valence-corrected chi connectivity index (χ0v) is 10.8. The Morgan fingerprint density at radius 1 is 1.39 bits per heavy atom. The van der Waals surface area contributed by atoms with Crippen molar-refractivity contribution < 1.29 is 9.84 Å². The van der Waals surface area contributed by atoms with Crippen LogP contribution < -0.4 is 4.74 Å². The molecule has 2 rings (SSSR count). The van der Waals surface area contributed by atoms with Gasteiger partial charge in [-0.1, -0.05) is 6.92 Å². The number of benzene rings is 1. The summed E-state index contributed by atoms with van der Waals surface area (Å²) in [6.45, 7) is 2.10. The largest absolute Gasteiger partial charge is 0.496 e. The van der Waals surface area contributed by atoms with E-state index in [2.05, 4.69) is 11.9 Å².